The third kappa shape index (κ3) is 2.65. The number of benzene rings is 1. The van der Waals surface area contributed by atoms with Crippen LogP contribution >= 0.6 is 11.3 Å². The smallest absolute Gasteiger partial charge is 0.0832 e. The zero-order valence-electron chi connectivity index (χ0n) is 10.4. The summed E-state index contributed by atoms with van der Waals surface area (Å²) in [5, 5.41) is 3.53. The molecule has 0 saturated heterocycles. The number of nitrogens with zero attached hydrogens (tertiary/aromatic N) is 1. The summed E-state index contributed by atoms with van der Waals surface area (Å²) < 4.78 is 1.25. The first-order valence-electron chi connectivity index (χ1n) is 6.64. The predicted octanol–water partition coefficient (Wildman–Crippen LogP) is 3.23. The van der Waals surface area contributed by atoms with Crippen LogP contribution in [0.5, 0.6) is 0 Å². The Balaban J connectivity index is 1.59. The van der Waals surface area contributed by atoms with E-state index >= 15 is 0 Å². The van der Waals surface area contributed by atoms with Crippen LogP contribution in [-0.2, 0) is 0 Å². The molecule has 0 amide bonds. The second-order valence-electron chi connectivity index (χ2n) is 5.20. The molecule has 0 atom stereocenters. The standard InChI is InChI=1S/C14H19N3S/c15-11-3-1-10(2-4-11)8-16-12-5-6-14-13(7-12)17-9-18-14/h5-7,9-11,16H,1-4,8,15H2. The van der Waals surface area contributed by atoms with Gasteiger partial charge >= 0.3 is 0 Å². The highest BCUT2D eigenvalue weighted by Crippen LogP contribution is 2.25. The monoisotopic (exact) mass is 261 g/mol. The van der Waals surface area contributed by atoms with Gasteiger partial charge in [-0.3, -0.25) is 0 Å². The molecule has 1 aromatic carbocycles. The van der Waals surface area contributed by atoms with E-state index in [-0.39, 0.29) is 0 Å². The molecule has 18 heavy (non-hydrogen) atoms. The summed E-state index contributed by atoms with van der Waals surface area (Å²) in [5.41, 5.74) is 10.1. The fourth-order valence-electron chi connectivity index (χ4n) is 2.62. The molecule has 0 bridgehead atoms. The third-order valence-electron chi connectivity index (χ3n) is 3.82. The molecule has 1 aromatic heterocycles. The lowest BCUT2D eigenvalue weighted by Crippen LogP contribution is -2.29. The minimum atomic E-state index is 0.438. The summed E-state index contributed by atoms with van der Waals surface area (Å²) in [6.07, 6.45) is 4.87. The lowest BCUT2D eigenvalue weighted by molar-refractivity contribution is 0.339. The van der Waals surface area contributed by atoms with E-state index in [4.69, 9.17) is 5.73 Å². The lowest BCUT2D eigenvalue weighted by atomic mass is 9.86. The highest BCUT2D eigenvalue weighted by Gasteiger charge is 2.18. The first-order valence-corrected chi connectivity index (χ1v) is 7.52. The van der Waals surface area contributed by atoms with E-state index in [1.54, 1.807) is 11.3 Å². The molecular weight excluding hydrogens is 242 g/mol. The van der Waals surface area contributed by atoms with Gasteiger partial charge in [-0.15, -0.1) is 11.3 Å². The number of hydrogen-bond donors (Lipinski definition) is 2. The summed E-state index contributed by atoms with van der Waals surface area (Å²) in [6, 6.07) is 6.87. The molecule has 3 N–H and O–H groups in total. The quantitative estimate of drug-likeness (QED) is 0.892. The van der Waals surface area contributed by atoms with E-state index in [2.05, 4.69) is 28.5 Å². The van der Waals surface area contributed by atoms with Crippen LogP contribution in [0, 0.1) is 5.92 Å². The Morgan fingerprint density at radius 2 is 2.11 bits per heavy atom. The van der Waals surface area contributed by atoms with Crippen LogP contribution in [0.2, 0.25) is 0 Å². The molecule has 0 unspecified atom stereocenters. The van der Waals surface area contributed by atoms with Gasteiger partial charge in [0.2, 0.25) is 0 Å². The Morgan fingerprint density at radius 3 is 2.94 bits per heavy atom. The Kier molecular flexibility index (Phi) is 3.48. The van der Waals surface area contributed by atoms with E-state index in [9.17, 15) is 0 Å². The van der Waals surface area contributed by atoms with E-state index in [1.165, 1.54) is 36.1 Å². The van der Waals surface area contributed by atoms with Gasteiger partial charge in [-0.2, -0.15) is 0 Å². The zero-order chi connectivity index (χ0) is 12.4. The topological polar surface area (TPSA) is 50.9 Å². The normalized spacial score (nSPS) is 24.3. The number of nitrogens with one attached hydrogen (secondary N) is 1. The summed E-state index contributed by atoms with van der Waals surface area (Å²) >= 11 is 1.69. The van der Waals surface area contributed by atoms with Crippen molar-refractivity contribution in [2.45, 2.75) is 31.7 Å². The van der Waals surface area contributed by atoms with E-state index in [0.717, 1.165) is 18.0 Å². The van der Waals surface area contributed by atoms with Crippen molar-refractivity contribution in [2.75, 3.05) is 11.9 Å². The molecule has 1 saturated carbocycles. The number of aromatic nitrogens is 1. The van der Waals surface area contributed by atoms with Crippen molar-refractivity contribution in [3.05, 3.63) is 23.7 Å². The molecule has 3 rings (SSSR count). The van der Waals surface area contributed by atoms with Crippen LogP contribution in [0.4, 0.5) is 5.69 Å². The van der Waals surface area contributed by atoms with E-state index in [1.807, 2.05) is 5.51 Å². The summed E-state index contributed by atoms with van der Waals surface area (Å²) in [7, 11) is 0. The van der Waals surface area contributed by atoms with Crippen LogP contribution in [0.15, 0.2) is 23.7 Å². The van der Waals surface area contributed by atoms with Gasteiger partial charge < -0.3 is 11.1 Å². The second kappa shape index (κ2) is 5.24. The molecule has 1 heterocycles. The molecular formula is C14H19N3S. The first kappa shape index (κ1) is 11.9. The van der Waals surface area contributed by atoms with E-state index in [0.29, 0.717) is 6.04 Å². The van der Waals surface area contributed by atoms with Crippen molar-refractivity contribution < 1.29 is 0 Å². The summed E-state index contributed by atoms with van der Waals surface area (Å²) in [4.78, 5) is 4.35. The molecule has 1 fully saturated rings. The summed E-state index contributed by atoms with van der Waals surface area (Å²) in [6.45, 7) is 1.06. The van der Waals surface area contributed by atoms with Gasteiger partial charge in [-0.05, 0) is 49.8 Å². The number of rotatable bonds is 3. The van der Waals surface area contributed by atoms with Crippen LogP contribution in [0.1, 0.15) is 25.7 Å². The highest BCUT2D eigenvalue weighted by molar-refractivity contribution is 7.16. The molecule has 0 spiro atoms. The number of nitrogens with two attached hydrogens (primary N) is 1. The van der Waals surface area contributed by atoms with Crippen molar-refractivity contribution in [3.8, 4) is 0 Å². The fourth-order valence-corrected chi connectivity index (χ4v) is 3.28. The van der Waals surface area contributed by atoms with Gasteiger partial charge in [-0.25, -0.2) is 4.98 Å². The Bertz CT molecular complexity index is 514. The van der Waals surface area contributed by atoms with Crippen molar-refractivity contribution in [1.29, 1.82) is 0 Å². The maximum atomic E-state index is 5.93. The first-order chi connectivity index (χ1) is 8.81. The number of anilines is 1. The van der Waals surface area contributed by atoms with Crippen molar-refractivity contribution in [3.63, 3.8) is 0 Å². The predicted molar refractivity (Wildman–Crippen MR) is 78.0 cm³/mol. The molecule has 2 aromatic rings. The van der Waals surface area contributed by atoms with Gasteiger partial charge in [0, 0.05) is 18.3 Å². The minimum absolute atomic E-state index is 0.438. The van der Waals surface area contributed by atoms with Gasteiger partial charge in [0.25, 0.3) is 0 Å². The average Bonchev–Trinajstić information content (AvgIpc) is 2.85. The Morgan fingerprint density at radius 1 is 1.28 bits per heavy atom. The molecule has 0 radical (unpaired) electrons. The van der Waals surface area contributed by atoms with E-state index < -0.39 is 0 Å². The van der Waals surface area contributed by atoms with Gasteiger partial charge in [0.1, 0.15) is 0 Å². The summed E-state index contributed by atoms with van der Waals surface area (Å²) in [5.74, 6) is 0.774. The van der Waals surface area contributed by atoms with Gasteiger partial charge in [-0.1, -0.05) is 0 Å². The lowest BCUT2D eigenvalue weighted by Gasteiger charge is -2.26. The number of fused-ring (bicyclic) bond motifs is 1. The third-order valence-corrected chi connectivity index (χ3v) is 4.63. The minimum Gasteiger partial charge on any atom is -0.385 e. The molecule has 3 nitrogen and oxygen atoms in total. The van der Waals surface area contributed by atoms with Crippen molar-refractivity contribution in [2.24, 2.45) is 11.7 Å². The maximum absolute atomic E-state index is 5.93. The maximum Gasteiger partial charge on any atom is 0.0832 e. The Hall–Kier alpha value is -1.13. The number of hydrogen-bond acceptors (Lipinski definition) is 4. The van der Waals surface area contributed by atoms with Crippen LogP contribution in [0.25, 0.3) is 10.2 Å². The Labute approximate surface area is 111 Å². The van der Waals surface area contributed by atoms with Crippen molar-refractivity contribution >= 4 is 27.2 Å². The van der Waals surface area contributed by atoms with Crippen LogP contribution in [0.3, 0.4) is 0 Å². The zero-order valence-corrected chi connectivity index (χ0v) is 11.2. The van der Waals surface area contributed by atoms with Gasteiger partial charge in [0.05, 0.1) is 15.7 Å². The van der Waals surface area contributed by atoms with Gasteiger partial charge in [0.15, 0.2) is 0 Å². The molecule has 96 valence electrons. The molecule has 4 heteroatoms. The molecule has 1 aliphatic rings. The number of thiazole rings is 1. The average molecular weight is 261 g/mol. The van der Waals surface area contributed by atoms with Crippen LogP contribution < -0.4 is 11.1 Å². The second-order valence-corrected chi connectivity index (χ2v) is 6.08. The highest BCUT2D eigenvalue weighted by atomic mass is 32.1. The largest absolute Gasteiger partial charge is 0.385 e. The molecule has 0 aliphatic heterocycles. The molecule has 1 aliphatic carbocycles. The van der Waals surface area contributed by atoms with Crippen LogP contribution in [-0.4, -0.2) is 17.6 Å². The van der Waals surface area contributed by atoms with Crippen molar-refractivity contribution in [1.82, 2.24) is 4.98 Å². The SMILES string of the molecule is NC1CCC(CNc2ccc3scnc3c2)CC1. The fraction of sp³-hybridized carbons (Fsp3) is 0.500.